The number of amides is 4. The second-order valence-electron chi connectivity index (χ2n) is 13.1. The van der Waals surface area contributed by atoms with Gasteiger partial charge in [0.15, 0.2) is 5.67 Å². The van der Waals surface area contributed by atoms with Gasteiger partial charge in [0.2, 0.25) is 0 Å². The molecule has 264 valence electrons. The third-order valence-corrected chi connectivity index (χ3v) is 8.51. The summed E-state index contributed by atoms with van der Waals surface area (Å²) in [7, 11) is 2.27. The van der Waals surface area contributed by atoms with E-state index >= 15 is 4.39 Å². The molecule has 2 atom stereocenters. The molecule has 2 aliphatic rings. The summed E-state index contributed by atoms with van der Waals surface area (Å²) in [6.45, 7) is 4.47. The van der Waals surface area contributed by atoms with E-state index in [1.54, 1.807) is 20.8 Å². The minimum atomic E-state index is -5.14. The number of rotatable bonds is 4. The Bertz CT molecular complexity index is 1480. The van der Waals surface area contributed by atoms with Gasteiger partial charge < -0.3 is 19.4 Å². The second kappa shape index (κ2) is 13.1. The molecule has 2 aromatic carbocycles. The molecule has 0 saturated carbocycles. The Morgan fingerprint density at radius 3 is 1.83 bits per heavy atom. The number of ether oxygens (including phenoxy) is 1. The van der Waals surface area contributed by atoms with Crippen molar-refractivity contribution in [1.29, 1.82) is 0 Å². The molecule has 0 aliphatic carbocycles. The van der Waals surface area contributed by atoms with Gasteiger partial charge in [0, 0.05) is 64.7 Å². The van der Waals surface area contributed by atoms with E-state index in [9.17, 15) is 45.1 Å². The number of likely N-dealkylation sites (N-methyl/N-ethyl adjacent to an activating group) is 1. The second-order valence-corrected chi connectivity index (χ2v) is 13.1. The number of urea groups is 1. The molecule has 48 heavy (non-hydrogen) atoms. The normalized spacial score (nSPS) is 20.0. The summed E-state index contributed by atoms with van der Waals surface area (Å²) in [5.74, 6) is -2.20. The van der Waals surface area contributed by atoms with Crippen LogP contribution in [-0.2, 0) is 21.9 Å². The van der Waals surface area contributed by atoms with Crippen LogP contribution in [0.1, 0.15) is 56.2 Å². The Labute approximate surface area is 272 Å². The summed E-state index contributed by atoms with van der Waals surface area (Å²) < 4.78 is 116. The fourth-order valence-electron chi connectivity index (χ4n) is 5.87. The quantitative estimate of drug-likeness (QED) is 0.321. The fourth-order valence-corrected chi connectivity index (χ4v) is 5.87. The molecule has 0 bridgehead atoms. The maximum atomic E-state index is 16.2. The molecule has 4 rings (SSSR count). The monoisotopic (exact) mass is 692 g/mol. The van der Waals surface area contributed by atoms with E-state index < -0.39 is 76.2 Å². The average Bonchev–Trinajstić information content (AvgIpc) is 3.43. The first-order valence-electron chi connectivity index (χ1n) is 15.0. The maximum absolute atomic E-state index is 16.2. The highest BCUT2D eigenvalue weighted by Gasteiger charge is 2.50. The Kier molecular flexibility index (Phi) is 10.00. The number of nitrogens with zero attached hydrogens (tertiary/aromatic N) is 4. The molecule has 0 unspecified atom stereocenters. The van der Waals surface area contributed by atoms with Gasteiger partial charge in [0.25, 0.3) is 5.91 Å². The molecule has 0 radical (unpaired) electrons. The molecule has 2 aromatic rings. The van der Waals surface area contributed by atoms with Crippen molar-refractivity contribution in [2.45, 2.75) is 69.2 Å². The number of likely N-dealkylation sites (tertiary alicyclic amines) is 2. The van der Waals surface area contributed by atoms with Gasteiger partial charge in [-0.2, -0.15) is 26.3 Å². The van der Waals surface area contributed by atoms with Gasteiger partial charge in [0.1, 0.15) is 11.4 Å². The van der Waals surface area contributed by atoms with Gasteiger partial charge in [-0.1, -0.05) is 12.1 Å². The van der Waals surface area contributed by atoms with Crippen molar-refractivity contribution in [3.8, 4) is 0 Å². The van der Waals surface area contributed by atoms with Crippen molar-refractivity contribution >= 4 is 23.7 Å². The maximum Gasteiger partial charge on any atom is 0.416 e. The van der Waals surface area contributed by atoms with Crippen molar-refractivity contribution in [2.24, 2.45) is 0 Å². The van der Waals surface area contributed by atoms with Gasteiger partial charge in [-0.05, 0) is 56.7 Å². The predicted molar refractivity (Wildman–Crippen MR) is 158 cm³/mol. The molecule has 2 fully saturated rings. The van der Waals surface area contributed by atoms with Crippen LogP contribution in [0.5, 0.6) is 0 Å². The van der Waals surface area contributed by atoms with Crippen LogP contribution in [0.4, 0.5) is 50.4 Å². The number of halogens is 8. The Morgan fingerprint density at radius 2 is 1.35 bits per heavy atom. The number of alkyl halides is 7. The molecule has 0 aromatic heterocycles. The molecule has 8 nitrogen and oxygen atoms in total. The molecule has 4 amide bonds. The Hall–Kier alpha value is -4.11. The van der Waals surface area contributed by atoms with Crippen LogP contribution >= 0.6 is 0 Å². The molecule has 0 spiro atoms. The van der Waals surface area contributed by atoms with Crippen LogP contribution in [0.15, 0.2) is 42.5 Å². The van der Waals surface area contributed by atoms with E-state index in [2.05, 4.69) is 0 Å². The lowest BCUT2D eigenvalue weighted by atomic mass is 9.91. The van der Waals surface area contributed by atoms with Crippen molar-refractivity contribution in [1.82, 2.24) is 14.7 Å². The van der Waals surface area contributed by atoms with E-state index in [0.717, 1.165) is 24.1 Å². The number of carbonyl (C=O) groups is 3. The number of hydrogen-bond donors (Lipinski definition) is 0. The molecule has 2 aliphatic heterocycles. The highest BCUT2D eigenvalue weighted by Crippen LogP contribution is 2.40. The molecular weight excluding hydrogens is 656 g/mol. The molecule has 0 N–H and O–H groups in total. The van der Waals surface area contributed by atoms with Gasteiger partial charge in [0.05, 0.1) is 17.2 Å². The number of benzene rings is 2. The highest BCUT2D eigenvalue weighted by atomic mass is 19.4. The SMILES string of the molecule is CN(C(=O)N(C)[C@@H]1CN(C(=O)C2(F)CCN(C(=O)OC(C)(C)C)CC2)C[C@H]1c1ccc(F)cc1)c1cc(C(F)(F)F)cc(C(F)(F)F)c1. The largest absolute Gasteiger partial charge is 0.444 e. The lowest BCUT2D eigenvalue weighted by Gasteiger charge is -2.38. The smallest absolute Gasteiger partial charge is 0.416 e. The highest BCUT2D eigenvalue weighted by molar-refractivity contribution is 5.92. The summed E-state index contributed by atoms with van der Waals surface area (Å²) >= 11 is 0. The lowest BCUT2D eigenvalue weighted by molar-refractivity contribution is -0.146. The van der Waals surface area contributed by atoms with Crippen LogP contribution in [0.3, 0.4) is 0 Å². The third-order valence-electron chi connectivity index (χ3n) is 8.51. The van der Waals surface area contributed by atoms with Crippen molar-refractivity contribution in [3.63, 3.8) is 0 Å². The van der Waals surface area contributed by atoms with Crippen molar-refractivity contribution in [2.75, 3.05) is 45.2 Å². The Morgan fingerprint density at radius 1 is 0.833 bits per heavy atom. The van der Waals surface area contributed by atoms with E-state index in [1.165, 1.54) is 29.0 Å². The first kappa shape index (κ1) is 36.7. The summed E-state index contributed by atoms with van der Waals surface area (Å²) in [6.07, 6.45) is -11.6. The van der Waals surface area contributed by atoms with Gasteiger partial charge >= 0.3 is 24.5 Å². The molecular formula is C32H36F8N4O4. The number of anilines is 1. The number of piperidine rings is 1. The third kappa shape index (κ3) is 8.12. The molecule has 2 saturated heterocycles. The van der Waals surface area contributed by atoms with Crippen LogP contribution in [0.25, 0.3) is 0 Å². The zero-order valence-electron chi connectivity index (χ0n) is 26.9. The molecule has 16 heteroatoms. The lowest BCUT2D eigenvalue weighted by Crippen LogP contribution is -2.54. The number of hydrogen-bond acceptors (Lipinski definition) is 4. The average molecular weight is 693 g/mol. The van der Waals surface area contributed by atoms with E-state index in [0.29, 0.717) is 22.6 Å². The summed E-state index contributed by atoms with van der Waals surface area (Å²) in [6, 6.07) is 3.96. The van der Waals surface area contributed by atoms with Crippen LogP contribution in [0, 0.1) is 5.82 Å². The topological polar surface area (TPSA) is 73.4 Å². The van der Waals surface area contributed by atoms with Gasteiger partial charge in [-0.25, -0.2) is 18.4 Å². The zero-order valence-corrected chi connectivity index (χ0v) is 26.9. The van der Waals surface area contributed by atoms with Gasteiger partial charge in [-0.3, -0.25) is 9.69 Å². The van der Waals surface area contributed by atoms with Gasteiger partial charge in [-0.15, -0.1) is 0 Å². The first-order chi connectivity index (χ1) is 22.0. The van der Waals surface area contributed by atoms with Crippen molar-refractivity contribution in [3.05, 3.63) is 65.0 Å². The predicted octanol–water partition coefficient (Wildman–Crippen LogP) is 7.09. The minimum Gasteiger partial charge on any atom is -0.444 e. The zero-order chi connectivity index (χ0) is 36.0. The fraction of sp³-hybridized carbons (Fsp3) is 0.531. The van der Waals surface area contributed by atoms with Crippen molar-refractivity contribution < 1.29 is 54.2 Å². The standard InChI is InChI=1S/C32H36F8N4O4/c1-29(2,3)48-28(47)43-12-10-30(34,11-13-43)26(45)44-17-24(19-6-8-22(33)9-7-19)25(18-44)42(5)27(46)41(4)23-15-20(31(35,36)37)14-21(16-23)32(38,39)40/h6-9,14-16,24-25H,10-13,17-18H2,1-5H3/t24-,25+/m0/s1. The van der Waals surface area contributed by atoms with E-state index in [-0.39, 0.29) is 45.1 Å². The van der Waals surface area contributed by atoms with Crippen LogP contribution in [-0.4, -0.2) is 90.3 Å². The minimum absolute atomic E-state index is 0.0542. The van der Waals surface area contributed by atoms with Crippen LogP contribution < -0.4 is 4.90 Å². The molecule has 2 heterocycles. The number of carbonyl (C=O) groups excluding carboxylic acids is 3. The summed E-state index contributed by atoms with van der Waals surface area (Å²) in [5, 5.41) is 0. The van der Waals surface area contributed by atoms with E-state index in [1.807, 2.05) is 0 Å². The van der Waals surface area contributed by atoms with E-state index in [4.69, 9.17) is 4.74 Å². The first-order valence-corrected chi connectivity index (χ1v) is 15.0. The van der Waals surface area contributed by atoms with Crippen LogP contribution in [0.2, 0.25) is 0 Å². The Balaban J connectivity index is 1.59. The summed E-state index contributed by atoms with van der Waals surface area (Å²) in [5.41, 5.74) is -6.59. The summed E-state index contributed by atoms with van der Waals surface area (Å²) in [4.78, 5) is 43.9.